The van der Waals surface area contributed by atoms with Crippen molar-refractivity contribution < 1.29 is 17.7 Å². The van der Waals surface area contributed by atoms with Crippen molar-refractivity contribution in [2.24, 2.45) is 11.8 Å². The average molecular weight is 517 g/mol. The van der Waals surface area contributed by atoms with Crippen molar-refractivity contribution in [3.05, 3.63) is 0 Å². The molecule has 2 saturated carbocycles. The second kappa shape index (κ2) is 11.7. The normalized spacial score (nSPS) is 33.3. The van der Waals surface area contributed by atoms with E-state index in [1.54, 1.807) is 0 Å². The fourth-order valence-corrected chi connectivity index (χ4v) is 20.7. The van der Waals surface area contributed by atoms with Crippen LogP contribution in [-0.4, -0.2) is 49.6 Å². The van der Waals surface area contributed by atoms with Gasteiger partial charge in [0.2, 0.25) is 0 Å². The molecule has 0 N–H and O–H groups in total. The van der Waals surface area contributed by atoms with Crippen LogP contribution in [0.15, 0.2) is 0 Å². The Morgan fingerprint density at radius 2 is 1.00 bits per heavy atom. The van der Waals surface area contributed by atoms with Crippen molar-refractivity contribution >= 4 is 25.2 Å². The van der Waals surface area contributed by atoms with Gasteiger partial charge in [0.1, 0.15) is 0 Å². The molecule has 4 nitrogen and oxygen atoms in total. The van der Waals surface area contributed by atoms with Gasteiger partial charge in [0, 0.05) is 0 Å². The fourth-order valence-electron chi connectivity index (χ4n) is 6.58. The highest BCUT2D eigenvalue weighted by molar-refractivity contribution is 6.87. The van der Waals surface area contributed by atoms with Gasteiger partial charge < -0.3 is 17.7 Å². The van der Waals surface area contributed by atoms with E-state index >= 15 is 0 Å². The van der Waals surface area contributed by atoms with Gasteiger partial charge >= 0.3 is 8.56 Å². The van der Waals surface area contributed by atoms with Crippen LogP contribution in [0.3, 0.4) is 0 Å². The maximum atomic E-state index is 6.84. The van der Waals surface area contributed by atoms with Crippen LogP contribution in [0.5, 0.6) is 0 Å². The number of rotatable bonds is 12. The summed E-state index contributed by atoms with van der Waals surface area (Å²) in [6.07, 6.45) is 15.8. The molecule has 0 aromatic rings. The maximum Gasteiger partial charge on any atom is 0.311 e. The number of hydrogen-bond acceptors (Lipinski definition) is 4. The number of hydrogen-bond donors (Lipinski definition) is 0. The van der Waals surface area contributed by atoms with Crippen molar-refractivity contribution in [1.29, 1.82) is 0 Å². The minimum absolute atomic E-state index is 0. The molecule has 4 fully saturated rings. The number of ether oxygens (including phenoxy) is 2. The molecule has 4 aliphatic rings. The molecule has 0 bridgehead atoms. The first-order valence-corrected chi connectivity index (χ1v) is 22.3. The van der Waals surface area contributed by atoms with E-state index < -0.39 is 25.2 Å². The SMILES string of the molecule is C.C.C[Si](C)(CCCC1CCC2OC2C1)O[Si](C)(C)O[Si](C)(C)CCCC1CCC2OC2C1. The van der Waals surface area contributed by atoms with E-state index in [9.17, 15) is 0 Å². The lowest BCUT2D eigenvalue weighted by atomic mass is 9.86. The molecule has 196 valence electrons. The van der Waals surface area contributed by atoms with Gasteiger partial charge in [-0.1, -0.05) is 40.5 Å². The second-order valence-electron chi connectivity index (χ2n) is 12.7. The Balaban J connectivity index is 0.00000193. The molecule has 2 saturated heterocycles. The summed E-state index contributed by atoms with van der Waals surface area (Å²) in [6, 6.07) is 2.54. The van der Waals surface area contributed by atoms with Crippen LogP contribution in [0.1, 0.15) is 79.1 Å². The third kappa shape index (κ3) is 9.47. The van der Waals surface area contributed by atoms with Crippen LogP contribution in [0, 0.1) is 11.8 Å². The first kappa shape index (κ1) is 29.7. The third-order valence-corrected chi connectivity index (χ3v) is 19.5. The number of epoxide rings is 2. The molecule has 6 atom stereocenters. The lowest BCUT2D eigenvalue weighted by molar-refractivity contribution is 0.345. The van der Waals surface area contributed by atoms with E-state index in [0.717, 1.165) is 11.8 Å². The van der Waals surface area contributed by atoms with Gasteiger partial charge in [-0.2, -0.15) is 0 Å². The molecule has 0 amide bonds. The molecular formula is C26H56O4Si3. The maximum absolute atomic E-state index is 6.84. The quantitative estimate of drug-likeness (QED) is 0.194. The van der Waals surface area contributed by atoms with Crippen LogP contribution >= 0.6 is 0 Å². The monoisotopic (exact) mass is 516 g/mol. The molecule has 33 heavy (non-hydrogen) atoms. The van der Waals surface area contributed by atoms with E-state index in [4.69, 9.17) is 17.7 Å². The Morgan fingerprint density at radius 1 is 0.606 bits per heavy atom. The summed E-state index contributed by atoms with van der Waals surface area (Å²) in [4.78, 5) is 0. The summed E-state index contributed by atoms with van der Waals surface area (Å²) in [5.74, 6) is 1.78. The summed E-state index contributed by atoms with van der Waals surface area (Å²) in [5.41, 5.74) is 0. The molecule has 4 rings (SSSR count). The fraction of sp³-hybridized carbons (Fsp3) is 1.00. The molecule has 0 aromatic heterocycles. The second-order valence-corrected chi connectivity index (χ2v) is 25.2. The van der Waals surface area contributed by atoms with Gasteiger partial charge in [0.25, 0.3) is 0 Å². The molecule has 2 heterocycles. The van der Waals surface area contributed by atoms with Crippen LogP contribution < -0.4 is 0 Å². The number of fused-ring (bicyclic) bond motifs is 2. The summed E-state index contributed by atoms with van der Waals surface area (Å²) >= 11 is 0. The van der Waals surface area contributed by atoms with Gasteiger partial charge in [0.05, 0.1) is 24.4 Å². The highest BCUT2D eigenvalue weighted by atomic mass is 28.5. The largest absolute Gasteiger partial charge is 0.437 e. The first-order chi connectivity index (χ1) is 14.5. The minimum atomic E-state index is -2.08. The Hall–Kier alpha value is 0.491. The van der Waals surface area contributed by atoms with Crippen molar-refractivity contribution in [3.63, 3.8) is 0 Å². The Morgan fingerprint density at radius 3 is 1.36 bits per heavy atom. The van der Waals surface area contributed by atoms with Crippen LogP contribution in [-0.2, 0) is 17.7 Å². The van der Waals surface area contributed by atoms with Gasteiger partial charge in [-0.05, 0) is 102 Å². The minimum Gasteiger partial charge on any atom is -0.437 e. The van der Waals surface area contributed by atoms with Crippen molar-refractivity contribution in [3.8, 4) is 0 Å². The van der Waals surface area contributed by atoms with Crippen LogP contribution in [0.2, 0.25) is 51.4 Å². The molecule has 0 radical (unpaired) electrons. The summed E-state index contributed by atoms with van der Waals surface area (Å²) < 4.78 is 25.1. The summed E-state index contributed by atoms with van der Waals surface area (Å²) in [6.45, 7) is 14.3. The average Bonchev–Trinajstić information content (AvgIpc) is 3.53. The molecule has 7 heteroatoms. The summed E-state index contributed by atoms with van der Waals surface area (Å²) in [7, 11) is -5.43. The van der Waals surface area contributed by atoms with Crippen molar-refractivity contribution in [2.75, 3.05) is 0 Å². The van der Waals surface area contributed by atoms with Crippen LogP contribution in [0.4, 0.5) is 0 Å². The Kier molecular flexibility index (Phi) is 10.5. The van der Waals surface area contributed by atoms with Gasteiger partial charge in [-0.25, -0.2) is 0 Å². The molecule has 0 spiro atoms. The molecule has 2 aliphatic carbocycles. The van der Waals surface area contributed by atoms with E-state index in [1.807, 2.05) is 0 Å². The summed E-state index contributed by atoms with van der Waals surface area (Å²) in [5, 5.41) is 0. The van der Waals surface area contributed by atoms with Gasteiger partial charge in [-0.15, -0.1) is 0 Å². The van der Waals surface area contributed by atoms with Crippen molar-refractivity contribution in [1.82, 2.24) is 0 Å². The van der Waals surface area contributed by atoms with Gasteiger partial charge in [0.15, 0.2) is 16.6 Å². The van der Waals surface area contributed by atoms with Gasteiger partial charge in [-0.3, -0.25) is 0 Å². The Bertz CT molecular complexity index is 562. The topological polar surface area (TPSA) is 43.5 Å². The highest BCUT2D eigenvalue weighted by Crippen LogP contribution is 2.42. The van der Waals surface area contributed by atoms with E-state index in [-0.39, 0.29) is 14.9 Å². The zero-order valence-electron chi connectivity index (χ0n) is 21.1. The molecule has 2 aliphatic heterocycles. The standard InChI is InChI=1S/C24H48O4Si3.2CH4/c1-29(2,15-7-9-19-11-13-21-23(17-19)25-21)27-31(5,6)28-30(3,4)16-8-10-20-12-14-22-24(18-20)26-22;;/h19-24H,7-18H2,1-6H3;2*1H4. The van der Waals surface area contributed by atoms with E-state index in [1.165, 1.54) is 76.3 Å². The zero-order valence-corrected chi connectivity index (χ0v) is 24.1. The molecule has 0 aromatic carbocycles. The van der Waals surface area contributed by atoms with E-state index in [0.29, 0.717) is 24.4 Å². The highest BCUT2D eigenvalue weighted by Gasteiger charge is 2.45. The van der Waals surface area contributed by atoms with Crippen molar-refractivity contribution in [2.45, 2.75) is 155 Å². The molecule has 6 unspecified atom stereocenters. The van der Waals surface area contributed by atoms with Crippen LogP contribution in [0.25, 0.3) is 0 Å². The van der Waals surface area contributed by atoms with E-state index in [2.05, 4.69) is 39.3 Å². The smallest absolute Gasteiger partial charge is 0.311 e. The predicted molar refractivity (Wildman–Crippen MR) is 148 cm³/mol. The Labute approximate surface area is 209 Å². The lowest BCUT2D eigenvalue weighted by Gasteiger charge is -2.39. The first-order valence-electron chi connectivity index (χ1n) is 13.2. The zero-order chi connectivity index (χ0) is 22.3. The molecular weight excluding hydrogens is 461 g/mol. The predicted octanol–water partition coefficient (Wildman–Crippen LogP) is 8.10. The third-order valence-electron chi connectivity index (χ3n) is 8.05. The lowest BCUT2D eigenvalue weighted by Crippen LogP contribution is -2.52.